The number of halogens is 5. The molecule has 0 atom stereocenters. The molecule has 0 N–H and O–H groups in total. The Labute approximate surface area is 104 Å². The van der Waals surface area contributed by atoms with Crippen molar-refractivity contribution in [3.8, 4) is 11.3 Å². The van der Waals surface area contributed by atoms with Crippen molar-refractivity contribution in [2.24, 2.45) is 0 Å². The van der Waals surface area contributed by atoms with Crippen LogP contribution in [0.2, 0.25) is 0 Å². The van der Waals surface area contributed by atoms with E-state index >= 15 is 0 Å². The van der Waals surface area contributed by atoms with Gasteiger partial charge >= 0.3 is 6.18 Å². The number of nitrogens with zero attached hydrogens (tertiary/aromatic N) is 1. The molecule has 0 bridgehead atoms. The fourth-order valence-corrected chi connectivity index (χ4v) is 1.51. The Morgan fingerprint density at radius 2 is 2.00 bits per heavy atom. The summed E-state index contributed by atoms with van der Waals surface area (Å²) in [5.74, 6) is -0.835. The number of rotatable bonds is 2. The molecule has 96 valence electrons. The molecule has 0 fully saturated rings. The smallest absolute Gasteiger partial charge is 0.416 e. The molecule has 2 nitrogen and oxygen atoms in total. The summed E-state index contributed by atoms with van der Waals surface area (Å²) in [6, 6.07) is 2.08. The van der Waals surface area contributed by atoms with Gasteiger partial charge in [-0.3, -0.25) is 0 Å². The van der Waals surface area contributed by atoms with E-state index in [1.165, 1.54) is 0 Å². The van der Waals surface area contributed by atoms with Crippen LogP contribution >= 0.6 is 11.6 Å². The molecule has 1 aromatic carbocycles. The SMILES string of the molecule is Fc1ccc(C(F)(F)F)cc1-c1cnc(CCl)o1. The summed E-state index contributed by atoms with van der Waals surface area (Å²) in [5, 5.41) is 0. The van der Waals surface area contributed by atoms with E-state index in [2.05, 4.69) is 4.98 Å². The lowest BCUT2D eigenvalue weighted by Crippen LogP contribution is -2.05. The highest BCUT2D eigenvalue weighted by molar-refractivity contribution is 6.16. The first-order valence-corrected chi connectivity index (χ1v) is 5.33. The van der Waals surface area contributed by atoms with Crippen LogP contribution in [0.1, 0.15) is 11.5 Å². The second-order valence-electron chi connectivity index (χ2n) is 3.44. The van der Waals surface area contributed by atoms with Crippen LogP contribution in [-0.4, -0.2) is 4.98 Å². The molecule has 2 aromatic rings. The van der Waals surface area contributed by atoms with Crippen molar-refractivity contribution in [2.45, 2.75) is 12.1 Å². The molecular weight excluding hydrogens is 274 g/mol. The van der Waals surface area contributed by atoms with Crippen molar-refractivity contribution >= 4 is 11.6 Å². The number of hydrogen-bond donors (Lipinski definition) is 0. The predicted octanol–water partition coefficient (Wildman–Crippen LogP) is 4.24. The average molecular weight is 280 g/mol. The molecular formula is C11H6ClF4NO. The van der Waals surface area contributed by atoms with E-state index in [9.17, 15) is 17.6 Å². The van der Waals surface area contributed by atoms with Crippen molar-refractivity contribution in [3.63, 3.8) is 0 Å². The van der Waals surface area contributed by atoms with Gasteiger partial charge in [0, 0.05) is 0 Å². The molecule has 7 heteroatoms. The van der Waals surface area contributed by atoms with Crippen LogP contribution in [0.3, 0.4) is 0 Å². The second kappa shape index (κ2) is 4.61. The maximum absolute atomic E-state index is 13.5. The molecule has 0 radical (unpaired) electrons. The van der Waals surface area contributed by atoms with Crippen molar-refractivity contribution in [1.82, 2.24) is 4.98 Å². The molecule has 0 aliphatic carbocycles. The molecule has 18 heavy (non-hydrogen) atoms. The fraction of sp³-hybridized carbons (Fsp3) is 0.182. The minimum atomic E-state index is -4.54. The van der Waals surface area contributed by atoms with Gasteiger partial charge in [-0.25, -0.2) is 9.37 Å². The maximum atomic E-state index is 13.5. The monoisotopic (exact) mass is 279 g/mol. The molecule has 0 amide bonds. The van der Waals surface area contributed by atoms with Crippen molar-refractivity contribution in [3.05, 3.63) is 41.7 Å². The fourth-order valence-electron chi connectivity index (χ4n) is 1.39. The highest BCUT2D eigenvalue weighted by atomic mass is 35.5. The largest absolute Gasteiger partial charge is 0.439 e. The third-order valence-corrected chi connectivity index (χ3v) is 2.46. The van der Waals surface area contributed by atoms with Gasteiger partial charge in [0.1, 0.15) is 5.82 Å². The summed E-state index contributed by atoms with van der Waals surface area (Å²) in [6.07, 6.45) is -3.41. The molecule has 1 heterocycles. The Morgan fingerprint density at radius 1 is 1.28 bits per heavy atom. The first-order chi connectivity index (χ1) is 8.41. The lowest BCUT2D eigenvalue weighted by molar-refractivity contribution is -0.137. The summed E-state index contributed by atoms with van der Waals surface area (Å²) >= 11 is 5.44. The lowest BCUT2D eigenvalue weighted by atomic mass is 10.1. The van der Waals surface area contributed by atoms with E-state index < -0.39 is 17.6 Å². The molecule has 0 saturated heterocycles. The summed E-state index contributed by atoms with van der Waals surface area (Å²) < 4.78 is 56.0. The lowest BCUT2D eigenvalue weighted by Gasteiger charge is -2.08. The van der Waals surface area contributed by atoms with Crippen molar-refractivity contribution < 1.29 is 22.0 Å². The van der Waals surface area contributed by atoms with E-state index in [4.69, 9.17) is 16.0 Å². The maximum Gasteiger partial charge on any atom is 0.416 e. The first kappa shape index (κ1) is 12.9. The topological polar surface area (TPSA) is 26.0 Å². The molecule has 2 rings (SSSR count). The predicted molar refractivity (Wildman–Crippen MR) is 56.5 cm³/mol. The number of benzene rings is 1. The molecule has 0 aliphatic heterocycles. The standard InChI is InChI=1S/C11H6ClF4NO/c12-4-10-17-5-9(18-10)7-3-6(11(14,15)16)1-2-8(7)13/h1-3,5H,4H2. The third-order valence-electron chi connectivity index (χ3n) is 2.23. The van der Waals surface area contributed by atoms with Gasteiger partial charge in [0.25, 0.3) is 0 Å². The van der Waals surface area contributed by atoms with E-state index in [0.717, 1.165) is 12.3 Å². The van der Waals surface area contributed by atoms with Crippen LogP contribution < -0.4 is 0 Å². The second-order valence-corrected chi connectivity index (χ2v) is 3.71. The van der Waals surface area contributed by atoms with Gasteiger partial charge < -0.3 is 4.42 Å². The van der Waals surface area contributed by atoms with Gasteiger partial charge in [0.15, 0.2) is 5.76 Å². The van der Waals surface area contributed by atoms with Crippen molar-refractivity contribution in [2.75, 3.05) is 0 Å². The Morgan fingerprint density at radius 3 is 2.56 bits per heavy atom. The Balaban J connectivity index is 2.49. The summed E-state index contributed by atoms with van der Waals surface area (Å²) in [7, 11) is 0. The van der Waals surface area contributed by atoms with Crippen LogP contribution in [0.15, 0.2) is 28.8 Å². The minimum Gasteiger partial charge on any atom is -0.439 e. The molecule has 0 saturated carbocycles. The van der Waals surface area contributed by atoms with E-state index in [1.54, 1.807) is 0 Å². The van der Waals surface area contributed by atoms with Crippen LogP contribution in [0, 0.1) is 5.82 Å². The van der Waals surface area contributed by atoms with Gasteiger partial charge in [-0.1, -0.05) is 0 Å². The van der Waals surface area contributed by atoms with Gasteiger partial charge in [-0.15, -0.1) is 11.6 Å². The van der Waals surface area contributed by atoms with Crippen LogP contribution in [0.5, 0.6) is 0 Å². The zero-order valence-electron chi connectivity index (χ0n) is 8.76. The number of oxazole rings is 1. The zero-order valence-corrected chi connectivity index (χ0v) is 9.52. The summed E-state index contributed by atoms with van der Waals surface area (Å²) in [5.41, 5.74) is -1.25. The molecule has 0 unspecified atom stereocenters. The average Bonchev–Trinajstić information content (AvgIpc) is 2.76. The van der Waals surface area contributed by atoms with Crippen molar-refractivity contribution in [1.29, 1.82) is 0 Å². The summed E-state index contributed by atoms with van der Waals surface area (Å²) in [6.45, 7) is 0. The van der Waals surface area contributed by atoms with Gasteiger partial charge in [-0.05, 0) is 18.2 Å². The van der Waals surface area contributed by atoms with Crippen LogP contribution in [0.25, 0.3) is 11.3 Å². The highest BCUT2D eigenvalue weighted by Gasteiger charge is 2.31. The Bertz CT molecular complexity index is 564. The molecule has 1 aromatic heterocycles. The Kier molecular flexibility index (Phi) is 3.30. The van der Waals surface area contributed by atoms with Gasteiger partial charge in [0.05, 0.1) is 23.2 Å². The van der Waals surface area contributed by atoms with Crippen LogP contribution in [-0.2, 0) is 12.1 Å². The molecule has 0 spiro atoms. The van der Waals surface area contributed by atoms with E-state index in [0.29, 0.717) is 12.1 Å². The Hall–Kier alpha value is -1.56. The quantitative estimate of drug-likeness (QED) is 0.607. The van der Waals surface area contributed by atoms with Gasteiger partial charge in [0.2, 0.25) is 5.89 Å². The number of aromatic nitrogens is 1. The number of alkyl halides is 4. The first-order valence-electron chi connectivity index (χ1n) is 4.79. The zero-order chi connectivity index (χ0) is 13.3. The van der Waals surface area contributed by atoms with E-state index in [-0.39, 0.29) is 23.1 Å². The number of hydrogen-bond acceptors (Lipinski definition) is 2. The third kappa shape index (κ3) is 2.48. The molecule has 0 aliphatic rings. The van der Waals surface area contributed by atoms with Gasteiger partial charge in [-0.2, -0.15) is 13.2 Å². The van der Waals surface area contributed by atoms with Crippen LogP contribution in [0.4, 0.5) is 17.6 Å². The minimum absolute atomic E-state index is 0.0411. The normalized spacial score (nSPS) is 11.8. The highest BCUT2D eigenvalue weighted by Crippen LogP contribution is 2.33. The van der Waals surface area contributed by atoms with E-state index in [1.807, 2.05) is 0 Å². The summed E-state index contributed by atoms with van der Waals surface area (Å²) in [4.78, 5) is 3.70.